The second-order valence-electron chi connectivity index (χ2n) is 4.71. The zero-order chi connectivity index (χ0) is 13.7. The van der Waals surface area contributed by atoms with Gasteiger partial charge in [-0.15, -0.1) is 0 Å². The lowest BCUT2D eigenvalue weighted by Crippen LogP contribution is -2.09. The molecule has 2 aromatic rings. The van der Waals surface area contributed by atoms with Gasteiger partial charge >= 0.3 is 0 Å². The van der Waals surface area contributed by atoms with E-state index < -0.39 is 0 Å². The highest BCUT2D eigenvalue weighted by Crippen LogP contribution is 2.20. The van der Waals surface area contributed by atoms with Crippen LogP contribution in [0.5, 0.6) is 5.75 Å². The van der Waals surface area contributed by atoms with Crippen LogP contribution in [0.1, 0.15) is 26.3 Å². The fourth-order valence-electron chi connectivity index (χ4n) is 1.84. The van der Waals surface area contributed by atoms with Gasteiger partial charge in [0.25, 0.3) is 0 Å². The van der Waals surface area contributed by atoms with Gasteiger partial charge in [-0.2, -0.15) is 5.10 Å². The molecule has 0 spiro atoms. The molecule has 0 atom stereocenters. The lowest BCUT2D eigenvalue weighted by atomic mass is 10.2. The molecule has 1 heterocycles. The van der Waals surface area contributed by atoms with Crippen LogP contribution in [-0.2, 0) is 13.1 Å². The number of hydrogen-bond acceptors (Lipinski definition) is 3. The van der Waals surface area contributed by atoms with Gasteiger partial charge in [0.15, 0.2) is 0 Å². The van der Waals surface area contributed by atoms with E-state index >= 15 is 0 Å². The predicted molar refractivity (Wildman–Crippen MR) is 77.4 cm³/mol. The Morgan fingerprint density at radius 2 is 2.11 bits per heavy atom. The summed E-state index contributed by atoms with van der Waals surface area (Å²) < 4.78 is 7.70. The summed E-state index contributed by atoms with van der Waals surface area (Å²) in [7, 11) is 0. The van der Waals surface area contributed by atoms with E-state index in [0.717, 1.165) is 30.1 Å². The van der Waals surface area contributed by atoms with Crippen molar-refractivity contribution in [2.24, 2.45) is 0 Å². The predicted octanol–water partition coefficient (Wildman–Crippen LogP) is 3.30. The van der Waals surface area contributed by atoms with Gasteiger partial charge in [-0.1, -0.05) is 18.2 Å². The minimum Gasteiger partial charge on any atom is -0.491 e. The number of hydrogen-bond donors (Lipinski definition) is 1. The largest absolute Gasteiger partial charge is 0.491 e. The van der Waals surface area contributed by atoms with Crippen molar-refractivity contribution in [2.75, 3.05) is 5.32 Å². The first-order valence-corrected chi connectivity index (χ1v) is 6.70. The summed E-state index contributed by atoms with van der Waals surface area (Å²) in [6.07, 6.45) is 4.03. The molecule has 0 bridgehead atoms. The van der Waals surface area contributed by atoms with Gasteiger partial charge in [-0.3, -0.25) is 4.68 Å². The van der Waals surface area contributed by atoms with Crippen molar-refractivity contribution >= 4 is 5.69 Å². The molecule has 1 aromatic carbocycles. The van der Waals surface area contributed by atoms with Crippen LogP contribution in [0.15, 0.2) is 36.7 Å². The maximum absolute atomic E-state index is 5.80. The van der Waals surface area contributed by atoms with Crippen LogP contribution in [0.25, 0.3) is 0 Å². The zero-order valence-corrected chi connectivity index (χ0v) is 11.8. The van der Waals surface area contributed by atoms with Crippen molar-refractivity contribution in [2.45, 2.75) is 40.0 Å². The van der Waals surface area contributed by atoms with Crippen molar-refractivity contribution in [3.63, 3.8) is 0 Å². The van der Waals surface area contributed by atoms with Crippen molar-refractivity contribution < 1.29 is 4.74 Å². The summed E-state index contributed by atoms with van der Waals surface area (Å²) in [5.41, 5.74) is 2.18. The van der Waals surface area contributed by atoms with E-state index in [1.54, 1.807) is 0 Å². The average Bonchev–Trinajstić information content (AvgIpc) is 2.85. The number of aryl methyl sites for hydroxylation is 1. The second-order valence-corrected chi connectivity index (χ2v) is 4.71. The van der Waals surface area contributed by atoms with Crippen LogP contribution >= 0.6 is 0 Å². The number of nitrogens with zero attached hydrogens (tertiary/aromatic N) is 2. The van der Waals surface area contributed by atoms with Gasteiger partial charge in [-0.05, 0) is 26.8 Å². The van der Waals surface area contributed by atoms with E-state index in [9.17, 15) is 0 Å². The fraction of sp³-hybridized carbons (Fsp3) is 0.400. The Morgan fingerprint density at radius 1 is 1.32 bits per heavy atom. The smallest absolute Gasteiger partial charge is 0.124 e. The number of rotatable bonds is 6. The Hall–Kier alpha value is -1.97. The first-order valence-electron chi connectivity index (χ1n) is 6.70. The summed E-state index contributed by atoms with van der Waals surface area (Å²) in [4.78, 5) is 0. The Balaban J connectivity index is 2.02. The topological polar surface area (TPSA) is 39.1 Å². The number of para-hydroxylation sites is 1. The standard InChI is InChI=1S/C15H21N3O/c1-4-18-11-14(10-17-18)16-9-13-7-5-6-8-15(13)19-12(2)3/h5-8,10-12,16H,4,9H2,1-3H3. The summed E-state index contributed by atoms with van der Waals surface area (Å²) in [5, 5.41) is 7.61. The Bertz CT molecular complexity index is 520. The maximum atomic E-state index is 5.80. The lowest BCUT2D eigenvalue weighted by molar-refractivity contribution is 0.240. The van der Waals surface area contributed by atoms with Crippen molar-refractivity contribution in [3.05, 3.63) is 42.2 Å². The van der Waals surface area contributed by atoms with Gasteiger partial charge in [0.2, 0.25) is 0 Å². The number of anilines is 1. The van der Waals surface area contributed by atoms with E-state index in [4.69, 9.17) is 4.74 Å². The third kappa shape index (κ3) is 3.74. The van der Waals surface area contributed by atoms with Crippen LogP contribution < -0.4 is 10.1 Å². The fourth-order valence-corrected chi connectivity index (χ4v) is 1.84. The minimum absolute atomic E-state index is 0.184. The zero-order valence-electron chi connectivity index (χ0n) is 11.8. The Labute approximate surface area is 114 Å². The van der Waals surface area contributed by atoms with Gasteiger partial charge in [0.1, 0.15) is 5.75 Å². The van der Waals surface area contributed by atoms with Crippen LogP contribution in [0.3, 0.4) is 0 Å². The molecule has 0 aliphatic heterocycles. The molecule has 4 nitrogen and oxygen atoms in total. The number of aromatic nitrogens is 2. The van der Waals surface area contributed by atoms with Crippen LogP contribution in [0.4, 0.5) is 5.69 Å². The molecule has 19 heavy (non-hydrogen) atoms. The first-order chi connectivity index (χ1) is 9.19. The van der Waals surface area contributed by atoms with Crippen LogP contribution in [0, 0.1) is 0 Å². The molecule has 0 aliphatic rings. The SMILES string of the molecule is CCn1cc(NCc2ccccc2OC(C)C)cn1. The van der Waals surface area contributed by atoms with Gasteiger partial charge in [0, 0.05) is 24.8 Å². The van der Waals surface area contributed by atoms with E-state index in [1.165, 1.54) is 0 Å². The molecule has 0 aliphatic carbocycles. The molecule has 2 rings (SSSR count). The minimum atomic E-state index is 0.184. The molecule has 1 aromatic heterocycles. The lowest BCUT2D eigenvalue weighted by Gasteiger charge is -2.14. The van der Waals surface area contributed by atoms with Gasteiger partial charge in [0.05, 0.1) is 18.0 Å². The summed E-state index contributed by atoms with van der Waals surface area (Å²) in [6, 6.07) is 8.11. The first kappa shape index (κ1) is 13.5. The molecule has 4 heteroatoms. The highest BCUT2D eigenvalue weighted by molar-refractivity contribution is 5.42. The van der Waals surface area contributed by atoms with Crippen molar-refractivity contribution in [1.82, 2.24) is 9.78 Å². The highest BCUT2D eigenvalue weighted by Gasteiger charge is 2.05. The Kier molecular flexibility index (Phi) is 4.44. The highest BCUT2D eigenvalue weighted by atomic mass is 16.5. The molecular weight excluding hydrogens is 238 g/mol. The molecule has 0 radical (unpaired) electrons. The number of benzene rings is 1. The molecule has 0 amide bonds. The third-order valence-corrected chi connectivity index (χ3v) is 2.78. The van der Waals surface area contributed by atoms with Crippen LogP contribution in [0.2, 0.25) is 0 Å². The Morgan fingerprint density at radius 3 is 2.79 bits per heavy atom. The van der Waals surface area contributed by atoms with Gasteiger partial charge in [-0.25, -0.2) is 0 Å². The maximum Gasteiger partial charge on any atom is 0.124 e. The molecule has 0 saturated heterocycles. The average molecular weight is 259 g/mol. The van der Waals surface area contributed by atoms with E-state index in [2.05, 4.69) is 23.4 Å². The van der Waals surface area contributed by atoms with Gasteiger partial charge < -0.3 is 10.1 Å². The van der Waals surface area contributed by atoms with Crippen LogP contribution in [-0.4, -0.2) is 15.9 Å². The van der Waals surface area contributed by atoms with Crippen molar-refractivity contribution in [1.29, 1.82) is 0 Å². The quantitative estimate of drug-likeness (QED) is 0.865. The monoisotopic (exact) mass is 259 g/mol. The normalized spacial score (nSPS) is 10.7. The molecule has 0 unspecified atom stereocenters. The second kappa shape index (κ2) is 6.27. The molecule has 102 valence electrons. The molecular formula is C15H21N3O. The number of nitrogens with one attached hydrogen (secondary N) is 1. The molecule has 0 fully saturated rings. The summed E-state index contributed by atoms with van der Waals surface area (Å²) >= 11 is 0. The summed E-state index contributed by atoms with van der Waals surface area (Å²) in [5.74, 6) is 0.938. The van der Waals surface area contributed by atoms with E-state index in [-0.39, 0.29) is 6.10 Å². The van der Waals surface area contributed by atoms with E-state index in [0.29, 0.717) is 0 Å². The summed E-state index contributed by atoms with van der Waals surface area (Å²) in [6.45, 7) is 7.76. The third-order valence-electron chi connectivity index (χ3n) is 2.78. The van der Waals surface area contributed by atoms with E-state index in [1.807, 2.05) is 49.1 Å². The molecule has 1 N–H and O–H groups in total. The van der Waals surface area contributed by atoms with Crippen molar-refractivity contribution in [3.8, 4) is 5.75 Å². The molecule has 0 saturated carbocycles. The number of ether oxygens (including phenoxy) is 1.